The number of benzene rings is 1. The number of thioether (sulfide) groups is 1. The van der Waals surface area contributed by atoms with Crippen LogP contribution in [0.5, 0.6) is 0 Å². The van der Waals surface area contributed by atoms with Gasteiger partial charge in [-0.25, -0.2) is 0 Å². The third-order valence-electron chi connectivity index (χ3n) is 2.70. The van der Waals surface area contributed by atoms with Crippen LogP contribution in [-0.4, -0.2) is 23.5 Å². The second kappa shape index (κ2) is 8.18. The summed E-state index contributed by atoms with van der Waals surface area (Å²) in [5.74, 6) is 0.432. The van der Waals surface area contributed by atoms with Gasteiger partial charge in [-0.05, 0) is 36.8 Å². The number of halogens is 2. The van der Waals surface area contributed by atoms with Crippen molar-refractivity contribution in [1.82, 2.24) is 5.32 Å². The van der Waals surface area contributed by atoms with Gasteiger partial charge in [0.05, 0.1) is 10.6 Å². The molecule has 0 aliphatic heterocycles. The molecule has 5 heteroatoms. The van der Waals surface area contributed by atoms with Gasteiger partial charge in [0.25, 0.3) is 5.91 Å². The summed E-state index contributed by atoms with van der Waals surface area (Å²) < 4.78 is 0. The Balaban J connectivity index is 2.81. The van der Waals surface area contributed by atoms with Gasteiger partial charge in [-0.1, -0.05) is 41.4 Å². The van der Waals surface area contributed by atoms with Crippen LogP contribution in [0.15, 0.2) is 23.1 Å². The Labute approximate surface area is 132 Å². The smallest absolute Gasteiger partial charge is 0.253 e. The van der Waals surface area contributed by atoms with Crippen molar-refractivity contribution < 1.29 is 4.79 Å². The van der Waals surface area contributed by atoms with Crippen LogP contribution in [0.1, 0.15) is 30.6 Å². The molecule has 1 aromatic carbocycles. The van der Waals surface area contributed by atoms with Crippen LogP contribution in [0.3, 0.4) is 0 Å². The largest absolute Gasteiger partial charge is 0.348 e. The molecule has 1 rings (SSSR count). The Morgan fingerprint density at radius 2 is 2.16 bits per heavy atom. The molecule has 19 heavy (non-hydrogen) atoms. The van der Waals surface area contributed by atoms with Crippen molar-refractivity contribution in [3.8, 4) is 0 Å². The standard InChI is InChI=1S/C14H19BrClNOS/c1-9(2)6-10(8-15)17-14(18)12-7-11(19-3)4-5-13(12)16/h4-5,7,9-10H,6,8H2,1-3H3,(H,17,18). The molecule has 1 atom stereocenters. The summed E-state index contributed by atoms with van der Waals surface area (Å²) in [5, 5.41) is 4.27. The van der Waals surface area contributed by atoms with Gasteiger partial charge in [-0.2, -0.15) is 0 Å². The van der Waals surface area contributed by atoms with E-state index in [1.165, 1.54) is 0 Å². The lowest BCUT2D eigenvalue weighted by Gasteiger charge is -2.18. The van der Waals surface area contributed by atoms with E-state index in [1.807, 2.05) is 18.4 Å². The normalized spacial score (nSPS) is 12.5. The lowest BCUT2D eigenvalue weighted by Crippen LogP contribution is -2.37. The maximum absolute atomic E-state index is 12.3. The van der Waals surface area contributed by atoms with E-state index in [0.717, 1.165) is 16.6 Å². The third kappa shape index (κ3) is 5.36. The minimum absolute atomic E-state index is 0.106. The molecule has 0 heterocycles. The lowest BCUT2D eigenvalue weighted by atomic mass is 10.0. The SMILES string of the molecule is CSc1ccc(Cl)c(C(=O)NC(CBr)CC(C)C)c1. The molecule has 0 aliphatic carbocycles. The quantitative estimate of drug-likeness (QED) is 0.590. The van der Waals surface area contributed by atoms with Crippen LogP contribution in [0.4, 0.5) is 0 Å². The van der Waals surface area contributed by atoms with Crippen LogP contribution in [-0.2, 0) is 0 Å². The molecule has 0 bridgehead atoms. The Kier molecular flexibility index (Phi) is 7.26. The fourth-order valence-electron chi connectivity index (χ4n) is 1.80. The van der Waals surface area contributed by atoms with Gasteiger partial charge in [0.2, 0.25) is 0 Å². The number of carbonyl (C=O) groups excluding carboxylic acids is 1. The number of hydrogen-bond acceptors (Lipinski definition) is 2. The summed E-state index contributed by atoms with van der Waals surface area (Å²) in [6, 6.07) is 5.65. The first-order chi connectivity index (χ1) is 8.97. The van der Waals surface area contributed by atoms with Gasteiger partial charge in [0, 0.05) is 16.3 Å². The zero-order chi connectivity index (χ0) is 14.4. The molecular weight excluding hydrogens is 346 g/mol. The fraction of sp³-hybridized carbons (Fsp3) is 0.500. The summed E-state index contributed by atoms with van der Waals surface area (Å²) >= 11 is 11.1. The van der Waals surface area contributed by atoms with E-state index in [0.29, 0.717) is 16.5 Å². The van der Waals surface area contributed by atoms with Crippen molar-refractivity contribution >= 4 is 45.2 Å². The van der Waals surface area contributed by atoms with Gasteiger partial charge in [0.15, 0.2) is 0 Å². The van der Waals surface area contributed by atoms with Crippen molar-refractivity contribution in [3.05, 3.63) is 28.8 Å². The second-order valence-electron chi connectivity index (χ2n) is 4.80. The van der Waals surface area contributed by atoms with Gasteiger partial charge >= 0.3 is 0 Å². The zero-order valence-corrected chi connectivity index (χ0v) is 14.5. The average Bonchev–Trinajstić information content (AvgIpc) is 2.37. The minimum atomic E-state index is -0.106. The van der Waals surface area contributed by atoms with Crippen LogP contribution in [0.2, 0.25) is 5.02 Å². The van der Waals surface area contributed by atoms with Gasteiger partial charge in [-0.15, -0.1) is 11.8 Å². The molecule has 1 unspecified atom stereocenters. The molecule has 0 spiro atoms. The summed E-state index contributed by atoms with van der Waals surface area (Å²) in [6.45, 7) is 4.28. The maximum atomic E-state index is 12.3. The van der Waals surface area contributed by atoms with Gasteiger partial charge < -0.3 is 5.32 Å². The van der Waals surface area contributed by atoms with E-state index in [9.17, 15) is 4.79 Å². The number of nitrogens with one attached hydrogen (secondary N) is 1. The molecular formula is C14H19BrClNOS. The third-order valence-corrected chi connectivity index (χ3v) is 4.53. The van der Waals surface area contributed by atoms with Crippen molar-refractivity contribution in [3.63, 3.8) is 0 Å². The highest BCUT2D eigenvalue weighted by molar-refractivity contribution is 9.09. The molecule has 1 N–H and O–H groups in total. The Morgan fingerprint density at radius 1 is 1.47 bits per heavy atom. The fourth-order valence-corrected chi connectivity index (χ4v) is 2.87. The van der Waals surface area contributed by atoms with Crippen molar-refractivity contribution in [2.75, 3.05) is 11.6 Å². The van der Waals surface area contributed by atoms with E-state index < -0.39 is 0 Å². The molecule has 1 aromatic rings. The highest BCUT2D eigenvalue weighted by Gasteiger charge is 2.16. The molecule has 0 radical (unpaired) electrons. The molecule has 0 saturated carbocycles. The Morgan fingerprint density at radius 3 is 2.68 bits per heavy atom. The van der Waals surface area contributed by atoms with Crippen LogP contribution >= 0.6 is 39.3 Å². The lowest BCUT2D eigenvalue weighted by molar-refractivity contribution is 0.0937. The van der Waals surface area contributed by atoms with E-state index in [-0.39, 0.29) is 11.9 Å². The van der Waals surface area contributed by atoms with E-state index in [2.05, 4.69) is 35.1 Å². The van der Waals surface area contributed by atoms with Crippen LogP contribution in [0, 0.1) is 5.92 Å². The molecule has 0 aromatic heterocycles. The van der Waals surface area contributed by atoms with E-state index >= 15 is 0 Å². The highest BCUT2D eigenvalue weighted by Crippen LogP contribution is 2.23. The van der Waals surface area contributed by atoms with Gasteiger partial charge in [-0.3, -0.25) is 4.79 Å². The zero-order valence-electron chi connectivity index (χ0n) is 11.4. The van der Waals surface area contributed by atoms with E-state index in [4.69, 9.17) is 11.6 Å². The molecule has 0 saturated heterocycles. The molecule has 1 amide bonds. The van der Waals surface area contributed by atoms with Crippen molar-refractivity contribution in [2.24, 2.45) is 5.92 Å². The number of amides is 1. The number of hydrogen-bond donors (Lipinski definition) is 1. The first-order valence-corrected chi connectivity index (χ1v) is 8.90. The molecule has 0 fully saturated rings. The predicted molar refractivity (Wildman–Crippen MR) is 87.7 cm³/mol. The summed E-state index contributed by atoms with van der Waals surface area (Å²) in [7, 11) is 0. The maximum Gasteiger partial charge on any atom is 0.253 e. The Bertz CT molecular complexity index is 439. The van der Waals surface area contributed by atoms with Crippen LogP contribution < -0.4 is 5.32 Å². The second-order valence-corrected chi connectivity index (χ2v) is 6.73. The number of alkyl halides is 1. The highest BCUT2D eigenvalue weighted by atomic mass is 79.9. The summed E-state index contributed by atoms with van der Waals surface area (Å²) in [6.07, 6.45) is 2.92. The monoisotopic (exact) mass is 363 g/mol. The number of carbonyl (C=O) groups is 1. The predicted octanol–water partition coefficient (Wildman–Crippen LogP) is 4.60. The topological polar surface area (TPSA) is 29.1 Å². The first-order valence-electron chi connectivity index (χ1n) is 6.18. The average molecular weight is 365 g/mol. The van der Waals surface area contributed by atoms with Gasteiger partial charge in [0.1, 0.15) is 0 Å². The minimum Gasteiger partial charge on any atom is -0.348 e. The molecule has 106 valence electrons. The van der Waals surface area contributed by atoms with Crippen LogP contribution in [0.25, 0.3) is 0 Å². The number of rotatable bonds is 6. The van der Waals surface area contributed by atoms with Crippen molar-refractivity contribution in [2.45, 2.75) is 31.2 Å². The molecule has 2 nitrogen and oxygen atoms in total. The summed E-state index contributed by atoms with van der Waals surface area (Å²) in [4.78, 5) is 13.3. The summed E-state index contributed by atoms with van der Waals surface area (Å²) in [5.41, 5.74) is 0.545. The Hall–Kier alpha value is -0.190. The first kappa shape index (κ1) is 16.9. The molecule has 0 aliphatic rings. The van der Waals surface area contributed by atoms with E-state index in [1.54, 1.807) is 17.8 Å². The van der Waals surface area contributed by atoms with Crippen molar-refractivity contribution in [1.29, 1.82) is 0 Å².